The maximum absolute atomic E-state index is 6.14. The molecule has 0 aliphatic rings. The molecule has 0 fully saturated rings. The first-order valence-electron chi connectivity index (χ1n) is 6.38. The lowest BCUT2D eigenvalue weighted by molar-refractivity contribution is 0.405. The van der Waals surface area contributed by atoms with E-state index in [0.29, 0.717) is 17.3 Å². The van der Waals surface area contributed by atoms with Gasteiger partial charge in [0, 0.05) is 7.05 Å². The number of ether oxygens (including phenoxy) is 2. The molecule has 0 unspecified atom stereocenters. The normalized spacial score (nSPS) is 11.0. The molecule has 1 heterocycles. The van der Waals surface area contributed by atoms with E-state index < -0.39 is 0 Å². The number of nitrogen functional groups attached to an aromatic ring is 1. The highest BCUT2D eigenvalue weighted by Gasteiger charge is 2.19. The molecule has 0 saturated carbocycles. The fraction of sp³-hybridized carbons (Fsp3) is 0.357. The zero-order chi connectivity index (χ0) is 15.7. The van der Waals surface area contributed by atoms with E-state index in [2.05, 4.69) is 37.0 Å². The highest BCUT2D eigenvalue weighted by Crippen LogP contribution is 2.40. The summed E-state index contributed by atoms with van der Waals surface area (Å²) < 4.78 is 14.4. The average molecular weight is 419 g/mol. The molecule has 0 aliphatic heterocycles. The van der Waals surface area contributed by atoms with Crippen molar-refractivity contribution in [2.24, 2.45) is 7.05 Å². The summed E-state index contributed by atoms with van der Waals surface area (Å²) in [7, 11) is 3.42. The molecule has 2 rings (SSSR count). The molecule has 0 radical (unpaired) electrons. The lowest BCUT2D eigenvalue weighted by Crippen LogP contribution is -1.98. The summed E-state index contributed by atoms with van der Waals surface area (Å²) >= 11 is 6.91. The summed E-state index contributed by atoms with van der Waals surface area (Å²) in [4.78, 5) is 0. The monoisotopic (exact) mass is 417 g/mol. The summed E-state index contributed by atoms with van der Waals surface area (Å²) in [6.07, 6.45) is 0. The number of benzene rings is 1. The second-order valence-corrected chi connectivity index (χ2v) is 6.61. The summed E-state index contributed by atoms with van der Waals surface area (Å²) in [5.74, 6) is 2.11. The quantitative estimate of drug-likeness (QED) is 0.796. The first-order valence-corrected chi connectivity index (χ1v) is 7.97. The predicted molar refractivity (Wildman–Crippen MR) is 90.2 cm³/mol. The van der Waals surface area contributed by atoms with Crippen molar-refractivity contribution in [1.82, 2.24) is 9.78 Å². The van der Waals surface area contributed by atoms with Crippen LogP contribution in [0.25, 0.3) is 0 Å². The summed E-state index contributed by atoms with van der Waals surface area (Å²) in [6.45, 7) is 4.09. The number of anilines is 1. The highest BCUT2D eigenvalue weighted by atomic mass is 79.9. The molecule has 1 aromatic carbocycles. The Balaban J connectivity index is 2.41. The Morgan fingerprint density at radius 1 is 1.19 bits per heavy atom. The minimum Gasteiger partial charge on any atom is -0.496 e. The van der Waals surface area contributed by atoms with Gasteiger partial charge in [-0.1, -0.05) is 13.8 Å². The topological polar surface area (TPSA) is 62.3 Å². The van der Waals surface area contributed by atoms with E-state index >= 15 is 0 Å². The first-order chi connectivity index (χ1) is 9.85. The van der Waals surface area contributed by atoms with Gasteiger partial charge in [-0.25, -0.2) is 4.68 Å². The summed E-state index contributed by atoms with van der Waals surface area (Å²) in [6, 6.07) is 3.65. The van der Waals surface area contributed by atoms with E-state index in [9.17, 15) is 0 Å². The molecular formula is C14H17Br2N3O2. The van der Waals surface area contributed by atoms with Crippen LogP contribution in [0.5, 0.6) is 17.4 Å². The first kappa shape index (κ1) is 16.2. The third-order valence-electron chi connectivity index (χ3n) is 3.02. The van der Waals surface area contributed by atoms with E-state index in [0.717, 1.165) is 20.4 Å². The molecule has 0 spiro atoms. The smallest absolute Gasteiger partial charge is 0.241 e. The van der Waals surface area contributed by atoms with Crippen molar-refractivity contribution in [3.05, 3.63) is 26.8 Å². The molecule has 0 atom stereocenters. The molecule has 0 amide bonds. The van der Waals surface area contributed by atoms with E-state index in [1.807, 2.05) is 33.0 Å². The van der Waals surface area contributed by atoms with E-state index in [-0.39, 0.29) is 5.92 Å². The maximum atomic E-state index is 6.14. The van der Waals surface area contributed by atoms with Gasteiger partial charge in [0.25, 0.3) is 0 Å². The Bertz CT molecular complexity index is 669. The van der Waals surface area contributed by atoms with Gasteiger partial charge in [-0.05, 0) is 49.9 Å². The molecule has 1 aromatic heterocycles. The van der Waals surface area contributed by atoms with Gasteiger partial charge in [0.15, 0.2) is 0 Å². The molecular weight excluding hydrogens is 402 g/mol. The number of halogens is 2. The van der Waals surface area contributed by atoms with Crippen LogP contribution in [0.2, 0.25) is 0 Å². The molecule has 2 aromatic rings. The second kappa shape index (κ2) is 6.27. The van der Waals surface area contributed by atoms with Gasteiger partial charge in [-0.3, -0.25) is 0 Å². The molecule has 0 saturated heterocycles. The average Bonchev–Trinajstić information content (AvgIpc) is 2.70. The number of rotatable bonds is 4. The van der Waals surface area contributed by atoms with Gasteiger partial charge < -0.3 is 15.2 Å². The van der Waals surface area contributed by atoms with Crippen molar-refractivity contribution in [1.29, 1.82) is 0 Å². The molecule has 5 nitrogen and oxygen atoms in total. The van der Waals surface area contributed by atoms with Crippen molar-refractivity contribution in [3.63, 3.8) is 0 Å². The third-order valence-corrected chi connectivity index (χ3v) is 4.26. The van der Waals surface area contributed by atoms with Crippen LogP contribution >= 0.6 is 31.9 Å². The van der Waals surface area contributed by atoms with Gasteiger partial charge in [-0.2, -0.15) is 5.10 Å². The minimum atomic E-state index is 0.236. The Labute approximate surface area is 140 Å². The van der Waals surface area contributed by atoms with Crippen molar-refractivity contribution in [2.75, 3.05) is 12.8 Å². The summed E-state index contributed by atoms with van der Waals surface area (Å²) in [5, 5.41) is 4.41. The highest BCUT2D eigenvalue weighted by molar-refractivity contribution is 9.11. The molecule has 0 aliphatic carbocycles. The SMILES string of the molecule is COc1cc(Br)c(Oc2c(N)c(C(C)C)nn2C)cc1Br. The van der Waals surface area contributed by atoms with Crippen molar-refractivity contribution in [3.8, 4) is 17.4 Å². The lowest BCUT2D eigenvalue weighted by Gasteiger charge is -2.11. The molecule has 7 heteroatoms. The van der Waals surface area contributed by atoms with Gasteiger partial charge in [0.05, 0.1) is 21.7 Å². The third kappa shape index (κ3) is 3.18. The number of nitrogens with two attached hydrogens (primary N) is 1. The number of methoxy groups -OCH3 is 1. The minimum absolute atomic E-state index is 0.236. The van der Waals surface area contributed by atoms with Crippen LogP contribution in [-0.4, -0.2) is 16.9 Å². The van der Waals surface area contributed by atoms with Crippen molar-refractivity contribution >= 4 is 37.5 Å². The lowest BCUT2D eigenvalue weighted by atomic mass is 10.1. The Morgan fingerprint density at radius 2 is 1.76 bits per heavy atom. The van der Waals surface area contributed by atoms with Crippen LogP contribution < -0.4 is 15.2 Å². The van der Waals surface area contributed by atoms with Crippen molar-refractivity contribution in [2.45, 2.75) is 19.8 Å². The van der Waals surface area contributed by atoms with Crippen LogP contribution in [-0.2, 0) is 7.05 Å². The zero-order valence-electron chi connectivity index (χ0n) is 12.3. The van der Waals surface area contributed by atoms with Gasteiger partial charge in [0.2, 0.25) is 5.88 Å². The fourth-order valence-electron chi connectivity index (χ4n) is 1.94. The number of hydrogen-bond acceptors (Lipinski definition) is 4. The van der Waals surface area contributed by atoms with Crippen molar-refractivity contribution < 1.29 is 9.47 Å². The standard InChI is InChI=1S/C14H17Br2N3O2/c1-7(2)13-12(17)14(19(3)18-13)21-11-6-8(15)10(20-4)5-9(11)16/h5-7H,17H2,1-4H3. The van der Waals surface area contributed by atoms with Crippen LogP contribution in [0.3, 0.4) is 0 Å². The molecule has 114 valence electrons. The summed E-state index contributed by atoms with van der Waals surface area (Å²) in [5.41, 5.74) is 7.53. The Morgan fingerprint density at radius 3 is 2.29 bits per heavy atom. The Hall–Kier alpha value is -1.21. The second-order valence-electron chi connectivity index (χ2n) is 4.90. The molecule has 2 N–H and O–H groups in total. The molecule has 0 bridgehead atoms. The van der Waals surface area contributed by atoms with Gasteiger partial charge in [-0.15, -0.1) is 0 Å². The predicted octanol–water partition coefficient (Wildman–Crippen LogP) is 4.45. The van der Waals surface area contributed by atoms with E-state index in [4.69, 9.17) is 15.2 Å². The maximum Gasteiger partial charge on any atom is 0.241 e. The fourth-order valence-corrected chi connectivity index (χ4v) is 2.83. The zero-order valence-corrected chi connectivity index (χ0v) is 15.4. The van der Waals surface area contributed by atoms with Crippen LogP contribution in [0.1, 0.15) is 25.5 Å². The molecule has 21 heavy (non-hydrogen) atoms. The largest absolute Gasteiger partial charge is 0.496 e. The number of nitrogens with zero attached hydrogens (tertiary/aromatic N) is 2. The van der Waals surface area contributed by atoms with Gasteiger partial charge >= 0.3 is 0 Å². The number of aryl methyl sites for hydroxylation is 1. The number of hydrogen-bond donors (Lipinski definition) is 1. The Kier molecular flexibility index (Phi) is 4.83. The van der Waals surface area contributed by atoms with Crippen LogP contribution in [0, 0.1) is 0 Å². The van der Waals surface area contributed by atoms with E-state index in [1.54, 1.807) is 11.8 Å². The van der Waals surface area contributed by atoms with Crippen LogP contribution in [0.4, 0.5) is 5.69 Å². The van der Waals surface area contributed by atoms with E-state index in [1.165, 1.54) is 0 Å². The van der Waals surface area contributed by atoms with Gasteiger partial charge in [0.1, 0.15) is 17.2 Å². The number of aromatic nitrogens is 2. The van der Waals surface area contributed by atoms with Crippen LogP contribution in [0.15, 0.2) is 21.1 Å².